The SMILES string of the molecule is CCOC(=O)/C=C/[C@@H]1[C@@H](c2ccc(Cl)cc2)N(c2ccccc2)C(=O)[C@]1(O)c1ccccc1. The van der Waals surface area contributed by atoms with Crippen molar-refractivity contribution in [3.05, 3.63) is 113 Å². The van der Waals surface area contributed by atoms with Gasteiger partial charge in [-0.05, 0) is 42.3 Å². The molecule has 168 valence electrons. The van der Waals surface area contributed by atoms with E-state index in [1.807, 2.05) is 48.5 Å². The van der Waals surface area contributed by atoms with Gasteiger partial charge in [-0.3, -0.25) is 4.79 Å². The zero-order chi connectivity index (χ0) is 23.4. The summed E-state index contributed by atoms with van der Waals surface area (Å²) in [6, 6.07) is 24.6. The minimum Gasteiger partial charge on any atom is -0.463 e. The van der Waals surface area contributed by atoms with Gasteiger partial charge in [0.2, 0.25) is 0 Å². The topological polar surface area (TPSA) is 66.8 Å². The summed E-state index contributed by atoms with van der Waals surface area (Å²) >= 11 is 6.12. The first-order chi connectivity index (χ1) is 16.0. The van der Waals surface area contributed by atoms with Crippen LogP contribution in [0.1, 0.15) is 24.1 Å². The lowest BCUT2D eigenvalue weighted by molar-refractivity contribution is -0.138. The van der Waals surface area contributed by atoms with Crippen molar-refractivity contribution in [3.63, 3.8) is 0 Å². The van der Waals surface area contributed by atoms with Crippen LogP contribution in [-0.2, 0) is 19.9 Å². The molecule has 0 aliphatic carbocycles. The lowest BCUT2D eigenvalue weighted by atomic mass is 9.78. The van der Waals surface area contributed by atoms with Gasteiger partial charge in [0.05, 0.1) is 12.6 Å². The van der Waals surface area contributed by atoms with Crippen molar-refractivity contribution in [1.29, 1.82) is 0 Å². The van der Waals surface area contributed by atoms with Crippen molar-refractivity contribution in [2.24, 2.45) is 5.92 Å². The summed E-state index contributed by atoms with van der Waals surface area (Å²) in [5.74, 6) is -1.79. The molecule has 6 heteroatoms. The Morgan fingerprint density at radius 1 is 1.03 bits per heavy atom. The molecule has 0 aromatic heterocycles. The summed E-state index contributed by atoms with van der Waals surface area (Å²) in [6.45, 7) is 1.95. The van der Waals surface area contributed by atoms with Crippen LogP contribution in [0.3, 0.4) is 0 Å². The molecule has 1 aliphatic heterocycles. The second-order valence-corrected chi connectivity index (χ2v) is 8.21. The number of amides is 1. The first kappa shape index (κ1) is 22.8. The molecule has 4 rings (SSSR count). The Kier molecular flexibility index (Phi) is 6.63. The summed E-state index contributed by atoms with van der Waals surface area (Å²) in [6.07, 6.45) is 2.86. The molecule has 1 aliphatic rings. The average Bonchev–Trinajstić information content (AvgIpc) is 3.07. The maximum Gasteiger partial charge on any atom is 0.330 e. The van der Waals surface area contributed by atoms with Crippen molar-refractivity contribution in [3.8, 4) is 0 Å². The number of hydrogen-bond acceptors (Lipinski definition) is 4. The van der Waals surface area contributed by atoms with Crippen LogP contribution in [0, 0.1) is 5.92 Å². The maximum absolute atomic E-state index is 14.0. The predicted molar refractivity (Wildman–Crippen MR) is 128 cm³/mol. The number of hydrogen-bond donors (Lipinski definition) is 1. The molecule has 1 heterocycles. The summed E-state index contributed by atoms with van der Waals surface area (Å²) in [7, 11) is 0. The zero-order valence-electron chi connectivity index (χ0n) is 18.1. The molecule has 3 aromatic carbocycles. The molecule has 1 fully saturated rings. The fourth-order valence-electron chi connectivity index (χ4n) is 4.35. The molecule has 1 N–H and O–H groups in total. The fourth-order valence-corrected chi connectivity index (χ4v) is 4.48. The van der Waals surface area contributed by atoms with E-state index in [-0.39, 0.29) is 6.61 Å². The van der Waals surface area contributed by atoms with Crippen molar-refractivity contribution in [2.45, 2.75) is 18.6 Å². The van der Waals surface area contributed by atoms with Gasteiger partial charge < -0.3 is 14.7 Å². The van der Waals surface area contributed by atoms with Crippen LogP contribution in [0.2, 0.25) is 5.02 Å². The van der Waals surface area contributed by atoms with Gasteiger partial charge in [0.15, 0.2) is 5.60 Å². The molecule has 33 heavy (non-hydrogen) atoms. The van der Waals surface area contributed by atoms with E-state index in [1.54, 1.807) is 54.3 Å². The molecule has 1 saturated heterocycles. The van der Waals surface area contributed by atoms with Crippen LogP contribution in [-0.4, -0.2) is 23.6 Å². The second-order valence-electron chi connectivity index (χ2n) is 7.78. The molecular formula is C27H24ClNO4. The number of nitrogens with zero attached hydrogens (tertiary/aromatic N) is 1. The number of carbonyl (C=O) groups is 2. The standard InChI is InChI=1S/C27H24ClNO4/c1-2-33-24(30)18-17-23-25(19-13-15-21(28)16-14-19)29(22-11-7-4-8-12-22)26(31)27(23,32)20-9-5-3-6-10-20/h3-18,23,25,32H,2H2,1H3/b18-17+/t23-,25-,27+/m1/s1. The second kappa shape index (κ2) is 9.61. The third-order valence-electron chi connectivity index (χ3n) is 5.83. The molecule has 0 unspecified atom stereocenters. The highest BCUT2D eigenvalue weighted by atomic mass is 35.5. The average molecular weight is 462 g/mol. The number of ether oxygens (including phenoxy) is 1. The molecule has 1 amide bonds. The van der Waals surface area contributed by atoms with Gasteiger partial charge in [0, 0.05) is 22.7 Å². The number of halogens is 1. The first-order valence-electron chi connectivity index (χ1n) is 10.7. The van der Waals surface area contributed by atoms with Crippen molar-refractivity contribution >= 4 is 29.2 Å². The minimum absolute atomic E-state index is 0.229. The zero-order valence-corrected chi connectivity index (χ0v) is 18.9. The number of carbonyl (C=O) groups excluding carboxylic acids is 2. The fraction of sp³-hybridized carbons (Fsp3) is 0.185. The van der Waals surface area contributed by atoms with Gasteiger partial charge >= 0.3 is 5.97 Å². The Balaban J connectivity index is 1.93. The number of esters is 1. The lowest BCUT2D eigenvalue weighted by Gasteiger charge is -2.28. The summed E-state index contributed by atoms with van der Waals surface area (Å²) < 4.78 is 5.05. The number of para-hydroxylation sites is 1. The van der Waals surface area contributed by atoms with Gasteiger partial charge in [0.1, 0.15) is 0 Å². The number of rotatable bonds is 6. The van der Waals surface area contributed by atoms with Gasteiger partial charge in [-0.1, -0.05) is 78.3 Å². The summed E-state index contributed by atoms with van der Waals surface area (Å²) in [5, 5.41) is 12.6. The molecule has 0 saturated carbocycles. The molecule has 3 atom stereocenters. The van der Waals surface area contributed by atoms with Crippen LogP contribution in [0.4, 0.5) is 5.69 Å². The molecule has 0 bridgehead atoms. The van der Waals surface area contributed by atoms with Crippen LogP contribution < -0.4 is 4.90 Å². The monoisotopic (exact) mass is 461 g/mol. The third kappa shape index (κ3) is 4.30. The van der Waals surface area contributed by atoms with Gasteiger partial charge in [-0.25, -0.2) is 4.79 Å². The van der Waals surface area contributed by atoms with Crippen molar-refractivity contribution in [1.82, 2.24) is 0 Å². The Labute approximate surface area is 197 Å². The molecule has 5 nitrogen and oxygen atoms in total. The molecule has 0 radical (unpaired) electrons. The van der Waals surface area contributed by atoms with E-state index < -0.39 is 29.4 Å². The van der Waals surface area contributed by atoms with Crippen LogP contribution in [0.5, 0.6) is 0 Å². The van der Waals surface area contributed by atoms with Gasteiger partial charge in [0.25, 0.3) is 5.91 Å². The number of anilines is 1. The van der Waals surface area contributed by atoms with Crippen LogP contribution in [0.25, 0.3) is 0 Å². The molecule has 3 aromatic rings. The van der Waals surface area contributed by atoms with Crippen molar-refractivity contribution in [2.75, 3.05) is 11.5 Å². The smallest absolute Gasteiger partial charge is 0.330 e. The lowest BCUT2D eigenvalue weighted by Crippen LogP contribution is -2.40. The number of aliphatic hydroxyl groups is 1. The van der Waals surface area contributed by atoms with Crippen molar-refractivity contribution < 1.29 is 19.4 Å². The molecular weight excluding hydrogens is 438 g/mol. The van der Waals surface area contributed by atoms with Crippen LogP contribution >= 0.6 is 11.6 Å². The van der Waals surface area contributed by atoms with E-state index in [9.17, 15) is 14.7 Å². The van der Waals surface area contributed by atoms with E-state index >= 15 is 0 Å². The predicted octanol–water partition coefficient (Wildman–Crippen LogP) is 5.05. The van der Waals surface area contributed by atoms with E-state index in [2.05, 4.69) is 0 Å². The quantitative estimate of drug-likeness (QED) is 0.412. The highest BCUT2D eigenvalue weighted by molar-refractivity contribution is 6.30. The summed E-state index contributed by atoms with van der Waals surface area (Å²) in [4.78, 5) is 27.7. The first-order valence-corrected chi connectivity index (χ1v) is 11.1. The van der Waals surface area contributed by atoms with E-state index in [0.29, 0.717) is 16.3 Å². The van der Waals surface area contributed by atoms with Gasteiger partial charge in [-0.15, -0.1) is 0 Å². The Hall–Kier alpha value is -3.41. The number of benzene rings is 3. The Morgan fingerprint density at radius 2 is 1.64 bits per heavy atom. The summed E-state index contributed by atoms with van der Waals surface area (Å²) in [5.41, 5.74) is -0.0265. The van der Waals surface area contributed by atoms with E-state index in [1.165, 1.54) is 6.08 Å². The largest absolute Gasteiger partial charge is 0.463 e. The third-order valence-corrected chi connectivity index (χ3v) is 6.08. The molecule has 0 spiro atoms. The highest BCUT2D eigenvalue weighted by Gasteiger charge is 2.59. The normalized spacial score (nSPS) is 22.6. The van der Waals surface area contributed by atoms with Gasteiger partial charge in [-0.2, -0.15) is 0 Å². The Bertz CT molecular complexity index is 1150. The maximum atomic E-state index is 14.0. The van der Waals surface area contributed by atoms with Crippen LogP contribution in [0.15, 0.2) is 97.1 Å². The highest BCUT2D eigenvalue weighted by Crippen LogP contribution is 2.51. The minimum atomic E-state index is -1.90. The van der Waals surface area contributed by atoms with E-state index in [4.69, 9.17) is 16.3 Å². The van der Waals surface area contributed by atoms with E-state index in [0.717, 1.165) is 5.56 Å². The Morgan fingerprint density at radius 3 is 2.24 bits per heavy atom.